The SMILES string of the molecule is Cc1nn(C)c(Cl)c1CNc1cc(F)ccc1Cl. The van der Waals surface area contributed by atoms with E-state index in [9.17, 15) is 4.39 Å². The third kappa shape index (κ3) is 2.60. The van der Waals surface area contributed by atoms with E-state index in [1.165, 1.54) is 18.2 Å². The van der Waals surface area contributed by atoms with E-state index >= 15 is 0 Å². The lowest BCUT2D eigenvalue weighted by molar-refractivity contribution is 0.628. The highest BCUT2D eigenvalue weighted by Gasteiger charge is 2.11. The van der Waals surface area contributed by atoms with Crippen LogP contribution >= 0.6 is 23.2 Å². The van der Waals surface area contributed by atoms with Crippen LogP contribution < -0.4 is 5.32 Å². The zero-order valence-electron chi connectivity index (χ0n) is 9.97. The van der Waals surface area contributed by atoms with Gasteiger partial charge in [0.05, 0.1) is 16.4 Å². The van der Waals surface area contributed by atoms with E-state index in [0.717, 1.165) is 11.3 Å². The fourth-order valence-electron chi connectivity index (χ4n) is 1.69. The summed E-state index contributed by atoms with van der Waals surface area (Å²) in [6.45, 7) is 2.32. The quantitative estimate of drug-likeness (QED) is 0.931. The van der Waals surface area contributed by atoms with Gasteiger partial charge in [0.15, 0.2) is 0 Å². The highest BCUT2D eigenvalue weighted by molar-refractivity contribution is 6.33. The van der Waals surface area contributed by atoms with Crippen molar-refractivity contribution in [3.8, 4) is 0 Å². The van der Waals surface area contributed by atoms with Gasteiger partial charge in [0.25, 0.3) is 0 Å². The zero-order chi connectivity index (χ0) is 13.3. The second kappa shape index (κ2) is 5.16. The maximum absolute atomic E-state index is 13.1. The minimum atomic E-state index is -0.337. The molecule has 1 N–H and O–H groups in total. The smallest absolute Gasteiger partial charge is 0.131 e. The largest absolute Gasteiger partial charge is 0.379 e. The molecule has 6 heteroatoms. The molecule has 1 heterocycles. The van der Waals surface area contributed by atoms with Crippen LogP contribution in [0.1, 0.15) is 11.3 Å². The first-order valence-corrected chi connectivity index (χ1v) is 6.11. The highest BCUT2D eigenvalue weighted by atomic mass is 35.5. The van der Waals surface area contributed by atoms with Crippen molar-refractivity contribution in [1.29, 1.82) is 0 Å². The topological polar surface area (TPSA) is 29.9 Å². The average molecular weight is 288 g/mol. The van der Waals surface area contributed by atoms with Gasteiger partial charge in [0, 0.05) is 19.2 Å². The van der Waals surface area contributed by atoms with Crippen molar-refractivity contribution in [1.82, 2.24) is 9.78 Å². The van der Waals surface area contributed by atoms with E-state index in [1.807, 2.05) is 6.92 Å². The van der Waals surface area contributed by atoms with Gasteiger partial charge in [-0.15, -0.1) is 0 Å². The Kier molecular flexibility index (Phi) is 3.78. The Labute approximate surface area is 115 Å². The lowest BCUT2D eigenvalue weighted by Gasteiger charge is -2.08. The van der Waals surface area contributed by atoms with Crippen molar-refractivity contribution in [2.24, 2.45) is 7.05 Å². The van der Waals surface area contributed by atoms with Crippen molar-refractivity contribution >= 4 is 28.9 Å². The predicted molar refractivity (Wildman–Crippen MR) is 71.7 cm³/mol. The molecule has 0 spiro atoms. The van der Waals surface area contributed by atoms with Crippen LogP contribution in [-0.4, -0.2) is 9.78 Å². The average Bonchev–Trinajstić information content (AvgIpc) is 2.55. The molecular weight excluding hydrogens is 276 g/mol. The van der Waals surface area contributed by atoms with Crippen molar-refractivity contribution in [2.45, 2.75) is 13.5 Å². The van der Waals surface area contributed by atoms with Gasteiger partial charge in [0.1, 0.15) is 11.0 Å². The number of aromatic nitrogens is 2. The molecule has 96 valence electrons. The molecule has 0 aliphatic rings. The first-order valence-electron chi connectivity index (χ1n) is 5.36. The molecule has 0 bridgehead atoms. The molecular formula is C12H12Cl2FN3. The van der Waals surface area contributed by atoms with E-state index in [4.69, 9.17) is 23.2 Å². The summed E-state index contributed by atoms with van der Waals surface area (Å²) in [5, 5.41) is 8.29. The molecule has 3 nitrogen and oxygen atoms in total. The number of aryl methyl sites for hydroxylation is 2. The van der Waals surface area contributed by atoms with Gasteiger partial charge < -0.3 is 5.32 Å². The van der Waals surface area contributed by atoms with Crippen LogP contribution in [-0.2, 0) is 13.6 Å². The molecule has 1 aromatic carbocycles. The Balaban J connectivity index is 2.19. The van der Waals surface area contributed by atoms with Crippen LogP contribution in [0.4, 0.5) is 10.1 Å². The van der Waals surface area contributed by atoms with E-state index in [0.29, 0.717) is 22.4 Å². The Bertz CT molecular complexity index is 581. The fourth-order valence-corrected chi connectivity index (χ4v) is 2.12. The third-order valence-corrected chi connectivity index (χ3v) is 3.46. The number of hydrogen-bond acceptors (Lipinski definition) is 2. The van der Waals surface area contributed by atoms with E-state index in [2.05, 4.69) is 10.4 Å². The second-order valence-electron chi connectivity index (χ2n) is 3.96. The number of rotatable bonds is 3. The van der Waals surface area contributed by atoms with Gasteiger partial charge in [-0.25, -0.2) is 4.39 Å². The maximum atomic E-state index is 13.1. The molecule has 0 radical (unpaired) electrons. The number of nitrogens with zero attached hydrogens (tertiary/aromatic N) is 2. The summed E-state index contributed by atoms with van der Waals surface area (Å²) in [7, 11) is 1.77. The fraction of sp³-hybridized carbons (Fsp3) is 0.250. The molecule has 0 aliphatic heterocycles. The molecule has 0 unspecified atom stereocenters. The van der Waals surface area contributed by atoms with Crippen molar-refractivity contribution in [3.05, 3.63) is 45.4 Å². The van der Waals surface area contributed by atoms with Crippen LogP contribution in [0.15, 0.2) is 18.2 Å². The first-order chi connectivity index (χ1) is 8.49. The summed E-state index contributed by atoms with van der Waals surface area (Å²) in [5.74, 6) is -0.337. The summed E-state index contributed by atoms with van der Waals surface area (Å²) in [5.41, 5.74) is 2.25. The van der Waals surface area contributed by atoms with Crippen LogP contribution in [0.25, 0.3) is 0 Å². The predicted octanol–water partition coefficient (Wildman–Crippen LogP) is 3.79. The van der Waals surface area contributed by atoms with Gasteiger partial charge in [-0.05, 0) is 25.1 Å². The molecule has 1 aromatic heterocycles. The number of nitrogens with one attached hydrogen (secondary N) is 1. The molecule has 0 saturated heterocycles. The molecule has 2 rings (SSSR count). The minimum absolute atomic E-state index is 0.337. The molecule has 0 saturated carbocycles. The molecule has 0 aliphatic carbocycles. The minimum Gasteiger partial charge on any atom is -0.379 e. The third-order valence-electron chi connectivity index (χ3n) is 2.65. The highest BCUT2D eigenvalue weighted by Crippen LogP contribution is 2.25. The molecule has 18 heavy (non-hydrogen) atoms. The Morgan fingerprint density at radius 2 is 2.11 bits per heavy atom. The van der Waals surface area contributed by atoms with Crippen molar-refractivity contribution in [3.63, 3.8) is 0 Å². The lowest BCUT2D eigenvalue weighted by Crippen LogP contribution is -2.01. The monoisotopic (exact) mass is 287 g/mol. The van der Waals surface area contributed by atoms with Gasteiger partial charge in [0.2, 0.25) is 0 Å². The van der Waals surface area contributed by atoms with Crippen LogP contribution in [0.3, 0.4) is 0 Å². The summed E-state index contributed by atoms with van der Waals surface area (Å²) >= 11 is 12.1. The van der Waals surface area contributed by atoms with Crippen molar-refractivity contribution < 1.29 is 4.39 Å². The van der Waals surface area contributed by atoms with Gasteiger partial charge in [-0.3, -0.25) is 4.68 Å². The molecule has 0 amide bonds. The van der Waals surface area contributed by atoms with Gasteiger partial charge >= 0.3 is 0 Å². The van der Waals surface area contributed by atoms with Crippen LogP contribution in [0.5, 0.6) is 0 Å². The Morgan fingerprint density at radius 3 is 2.72 bits per heavy atom. The lowest BCUT2D eigenvalue weighted by atomic mass is 10.2. The Morgan fingerprint density at radius 1 is 1.39 bits per heavy atom. The van der Waals surface area contributed by atoms with Gasteiger partial charge in [-0.1, -0.05) is 23.2 Å². The van der Waals surface area contributed by atoms with Crippen LogP contribution in [0, 0.1) is 12.7 Å². The maximum Gasteiger partial charge on any atom is 0.131 e. The van der Waals surface area contributed by atoms with E-state index in [-0.39, 0.29) is 5.82 Å². The number of hydrogen-bond donors (Lipinski definition) is 1. The summed E-state index contributed by atoms with van der Waals surface area (Å²) < 4.78 is 14.7. The van der Waals surface area contributed by atoms with E-state index in [1.54, 1.807) is 11.7 Å². The first kappa shape index (κ1) is 13.2. The summed E-state index contributed by atoms with van der Waals surface area (Å²) in [4.78, 5) is 0. The zero-order valence-corrected chi connectivity index (χ0v) is 11.5. The molecule has 0 atom stereocenters. The van der Waals surface area contributed by atoms with E-state index < -0.39 is 0 Å². The normalized spacial score (nSPS) is 10.7. The number of benzene rings is 1. The molecule has 0 fully saturated rings. The molecule has 2 aromatic rings. The Hall–Kier alpha value is -1.26. The summed E-state index contributed by atoms with van der Waals surface area (Å²) in [6, 6.07) is 4.18. The van der Waals surface area contributed by atoms with Gasteiger partial charge in [-0.2, -0.15) is 5.10 Å². The number of halogens is 3. The number of anilines is 1. The van der Waals surface area contributed by atoms with Crippen LogP contribution in [0.2, 0.25) is 10.2 Å². The van der Waals surface area contributed by atoms with Crippen molar-refractivity contribution in [2.75, 3.05) is 5.32 Å². The summed E-state index contributed by atoms with van der Waals surface area (Å²) in [6.07, 6.45) is 0. The standard InChI is InChI=1S/C12H12Cl2FN3/c1-7-9(12(14)18(2)17-7)6-16-11-5-8(15)3-4-10(11)13/h3-5,16H,6H2,1-2H3. The second-order valence-corrected chi connectivity index (χ2v) is 4.72.